The van der Waals surface area contributed by atoms with Crippen LogP contribution in [0.3, 0.4) is 0 Å². The number of aromatic nitrogens is 1. The molecule has 1 fully saturated rings. The van der Waals surface area contributed by atoms with Crippen LogP contribution in [0.4, 0.5) is 15.9 Å². The molecule has 1 saturated carbocycles. The molecule has 1 aliphatic carbocycles. The van der Waals surface area contributed by atoms with Crippen LogP contribution >= 0.6 is 0 Å². The Morgan fingerprint density at radius 1 is 1.25 bits per heavy atom. The highest BCUT2D eigenvalue weighted by Crippen LogP contribution is 2.26. The highest BCUT2D eigenvalue weighted by atomic mass is 19.1. The van der Waals surface area contributed by atoms with Crippen LogP contribution in [0, 0.1) is 11.7 Å². The first-order valence-electron chi connectivity index (χ1n) is 8.16. The molecule has 1 heterocycles. The third-order valence-electron chi connectivity index (χ3n) is 4.46. The van der Waals surface area contributed by atoms with Gasteiger partial charge in [-0.15, -0.1) is 0 Å². The van der Waals surface area contributed by atoms with Crippen LogP contribution < -0.4 is 16.4 Å². The first-order chi connectivity index (χ1) is 11.7. The Morgan fingerprint density at radius 3 is 2.88 bits per heavy atom. The number of carbonyl (C=O) groups excluding carboxylic acids is 1. The molecule has 0 saturated heterocycles. The minimum Gasteiger partial charge on any atom is -0.349 e. The molecule has 24 heavy (non-hydrogen) atoms. The minimum atomic E-state index is -0.395. The molecule has 0 radical (unpaired) electrons. The van der Waals surface area contributed by atoms with Gasteiger partial charge in [-0.05, 0) is 49.6 Å². The average molecular weight is 328 g/mol. The molecular formula is C18H21FN4O. The summed E-state index contributed by atoms with van der Waals surface area (Å²) in [6.45, 7) is 0.568. The number of pyridine rings is 1. The zero-order valence-electron chi connectivity index (χ0n) is 13.3. The van der Waals surface area contributed by atoms with Crippen molar-refractivity contribution >= 4 is 17.4 Å². The fourth-order valence-corrected chi connectivity index (χ4v) is 3.13. The van der Waals surface area contributed by atoms with Crippen molar-refractivity contribution in [2.45, 2.75) is 25.3 Å². The highest BCUT2D eigenvalue weighted by molar-refractivity contribution is 5.99. The van der Waals surface area contributed by atoms with Crippen molar-refractivity contribution in [1.29, 1.82) is 0 Å². The molecule has 0 bridgehead atoms. The van der Waals surface area contributed by atoms with E-state index in [2.05, 4.69) is 15.6 Å². The molecule has 126 valence electrons. The van der Waals surface area contributed by atoms with Gasteiger partial charge in [0.05, 0.1) is 11.3 Å². The second kappa shape index (κ2) is 7.40. The van der Waals surface area contributed by atoms with E-state index in [9.17, 15) is 9.18 Å². The maximum Gasteiger partial charge on any atom is 0.255 e. The van der Waals surface area contributed by atoms with Crippen molar-refractivity contribution in [2.24, 2.45) is 11.7 Å². The van der Waals surface area contributed by atoms with Crippen molar-refractivity contribution in [1.82, 2.24) is 10.3 Å². The zero-order valence-corrected chi connectivity index (χ0v) is 13.3. The third kappa shape index (κ3) is 3.54. The fourth-order valence-electron chi connectivity index (χ4n) is 3.13. The lowest BCUT2D eigenvalue weighted by Gasteiger charge is -2.20. The predicted octanol–water partition coefficient (Wildman–Crippen LogP) is 2.82. The first kappa shape index (κ1) is 16.4. The number of benzene rings is 1. The molecule has 2 atom stereocenters. The quantitative estimate of drug-likeness (QED) is 0.788. The normalized spacial score (nSPS) is 19.9. The SMILES string of the molecule is NCC1CCCC1NC(=O)c1cccnc1Nc1ccccc1F. The molecule has 4 N–H and O–H groups in total. The van der Waals surface area contributed by atoms with Gasteiger partial charge in [0.2, 0.25) is 0 Å². The second-order valence-electron chi connectivity index (χ2n) is 6.01. The Balaban J connectivity index is 1.78. The number of hydrogen-bond acceptors (Lipinski definition) is 4. The van der Waals surface area contributed by atoms with Crippen LogP contribution in [0.2, 0.25) is 0 Å². The molecule has 6 heteroatoms. The molecule has 2 unspecified atom stereocenters. The van der Waals surface area contributed by atoms with Gasteiger partial charge in [0.1, 0.15) is 11.6 Å². The van der Waals surface area contributed by atoms with Crippen molar-refractivity contribution in [3.05, 3.63) is 54.0 Å². The Kier molecular flexibility index (Phi) is 5.05. The highest BCUT2D eigenvalue weighted by Gasteiger charge is 2.28. The minimum absolute atomic E-state index is 0.0871. The Hall–Kier alpha value is -2.47. The van der Waals surface area contributed by atoms with Gasteiger partial charge in [-0.1, -0.05) is 18.6 Å². The lowest BCUT2D eigenvalue weighted by Crippen LogP contribution is -2.40. The number of anilines is 2. The van der Waals surface area contributed by atoms with Crippen LogP contribution in [-0.2, 0) is 0 Å². The summed E-state index contributed by atoms with van der Waals surface area (Å²) in [5.41, 5.74) is 6.45. The van der Waals surface area contributed by atoms with E-state index in [1.807, 2.05) is 0 Å². The van der Waals surface area contributed by atoms with E-state index in [4.69, 9.17) is 5.73 Å². The monoisotopic (exact) mass is 328 g/mol. The molecule has 5 nitrogen and oxygen atoms in total. The van der Waals surface area contributed by atoms with Crippen LogP contribution in [0.15, 0.2) is 42.6 Å². The summed E-state index contributed by atoms with van der Waals surface area (Å²) in [6, 6.07) is 9.75. The van der Waals surface area contributed by atoms with Gasteiger partial charge >= 0.3 is 0 Å². The van der Waals surface area contributed by atoms with Gasteiger partial charge in [0, 0.05) is 12.2 Å². The molecular weight excluding hydrogens is 307 g/mol. The summed E-state index contributed by atoms with van der Waals surface area (Å²) >= 11 is 0. The number of para-hydroxylation sites is 1. The van der Waals surface area contributed by atoms with Crippen molar-refractivity contribution in [3.63, 3.8) is 0 Å². The van der Waals surface area contributed by atoms with Gasteiger partial charge in [-0.3, -0.25) is 4.79 Å². The molecule has 1 amide bonds. The molecule has 3 rings (SSSR count). The van der Waals surface area contributed by atoms with Crippen LogP contribution in [0.5, 0.6) is 0 Å². The summed E-state index contributed by atoms with van der Waals surface area (Å²) in [4.78, 5) is 16.8. The maximum atomic E-state index is 13.8. The molecule has 0 aliphatic heterocycles. The number of nitrogens with zero attached hydrogens (tertiary/aromatic N) is 1. The van der Waals surface area contributed by atoms with E-state index in [0.717, 1.165) is 19.3 Å². The number of hydrogen-bond donors (Lipinski definition) is 3. The van der Waals surface area contributed by atoms with Crippen LogP contribution in [0.1, 0.15) is 29.6 Å². The van der Waals surface area contributed by atoms with Crippen molar-refractivity contribution in [3.8, 4) is 0 Å². The fraction of sp³-hybridized carbons (Fsp3) is 0.333. The van der Waals surface area contributed by atoms with E-state index in [1.165, 1.54) is 6.07 Å². The number of halogens is 1. The average Bonchev–Trinajstić information content (AvgIpc) is 3.04. The lowest BCUT2D eigenvalue weighted by atomic mass is 10.0. The summed E-state index contributed by atoms with van der Waals surface area (Å²) in [5, 5.41) is 5.94. The summed E-state index contributed by atoms with van der Waals surface area (Å²) in [6.07, 6.45) is 4.61. The van der Waals surface area contributed by atoms with Gasteiger partial charge in [-0.25, -0.2) is 9.37 Å². The van der Waals surface area contributed by atoms with Gasteiger partial charge < -0.3 is 16.4 Å². The van der Waals surface area contributed by atoms with Crippen molar-refractivity contribution in [2.75, 3.05) is 11.9 Å². The molecule has 1 aliphatic rings. The number of rotatable bonds is 5. The van der Waals surface area contributed by atoms with Crippen LogP contribution in [-0.4, -0.2) is 23.5 Å². The molecule has 1 aromatic heterocycles. The predicted molar refractivity (Wildman–Crippen MR) is 91.6 cm³/mol. The summed E-state index contributed by atoms with van der Waals surface area (Å²) < 4.78 is 13.8. The largest absolute Gasteiger partial charge is 0.349 e. The summed E-state index contributed by atoms with van der Waals surface area (Å²) in [7, 11) is 0. The molecule has 2 aromatic rings. The number of carbonyl (C=O) groups is 1. The Labute approximate surface area is 140 Å². The molecule has 0 spiro atoms. The smallest absolute Gasteiger partial charge is 0.255 e. The van der Waals surface area contributed by atoms with Gasteiger partial charge in [-0.2, -0.15) is 0 Å². The van der Waals surface area contributed by atoms with Crippen molar-refractivity contribution < 1.29 is 9.18 Å². The lowest BCUT2D eigenvalue weighted by molar-refractivity contribution is 0.0929. The number of amides is 1. The number of nitrogens with two attached hydrogens (primary N) is 1. The van der Waals surface area contributed by atoms with E-state index in [-0.39, 0.29) is 17.6 Å². The molecule has 1 aromatic carbocycles. The van der Waals surface area contributed by atoms with Crippen LogP contribution in [0.25, 0.3) is 0 Å². The Morgan fingerprint density at radius 2 is 2.08 bits per heavy atom. The summed E-state index contributed by atoms with van der Waals surface area (Å²) in [5.74, 6) is 0.0387. The standard InChI is InChI=1S/C18H21FN4O/c19-14-7-1-2-8-16(14)22-17-13(6-4-10-21-17)18(24)23-15-9-3-5-12(15)11-20/h1-2,4,6-8,10,12,15H,3,5,9,11,20H2,(H,21,22)(H,23,24). The maximum absolute atomic E-state index is 13.8. The third-order valence-corrected chi connectivity index (χ3v) is 4.46. The van der Waals surface area contributed by atoms with Gasteiger partial charge in [0.25, 0.3) is 5.91 Å². The van der Waals surface area contributed by atoms with E-state index >= 15 is 0 Å². The topological polar surface area (TPSA) is 80.0 Å². The first-order valence-corrected chi connectivity index (χ1v) is 8.16. The zero-order chi connectivity index (χ0) is 16.9. The second-order valence-corrected chi connectivity index (χ2v) is 6.01. The van der Waals surface area contributed by atoms with E-state index in [1.54, 1.807) is 36.5 Å². The Bertz CT molecular complexity index is 722. The van der Waals surface area contributed by atoms with Gasteiger partial charge in [0.15, 0.2) is 0 Å². The van der Waals surface area contributed by atoms with E-state index < -0.39 is 5.82 Å². The van der Waals surface area contributed by atoms with E-state index in [0.29, 0.717) is 23.8 Å². The number of nitrogens with one attached hydrogen (secondary N) is 2.